The highest BCUT2D eigenvalue weighted by Gasteiger charge is 2.24. The van der Waals surface area contributed by atoms with Crippen molar-refractivity contribution in [1.82, 2.24) is 20.4 Å². The average Bonchev–Trinajstić information content (AvgIpc) is 3.19. The van der Waals surface area contributed by atoms with Gasteiger partial charge in [-0.1, -0.05) is 181 Å². The summed E-state index contributed by atoms with van der Waals surface area (Å²) in [6, 6.07) is 0. The number of rotatable bonds is 43. The van der Waals surface area contributed by atoms with Crippen LogP contribution in [0.5, 0.6) is 0 Å². The first kappa shape index (κ1) is 58.6. The second-order valence-electron chi connectivity index (χ2n) is 19.5. The van der Waals surface area contributed by atoms with Crippen LogP contribution in [0.3, 0.4) is 0 Å². The van der Waals surface area contributed by atoms with Crippen molar-refractivity contribution in [2.75, 3.05) is 32.7 Å². The van der Waals surface area contributed by atoms with Crippen LogP contribution in [0.25, 0.3) is 0 Å². The molecule has 0 saturated heterocycles. The summed E-state index contributed by atoms with van der Waals surface area (Å²) in [5.74, 6) is 0.291. The maximum absolute atomic E-state index is 14.0. The van der Waals surface area contributed by atoms with E-state index in [1.54, 1.807) is 4.90 Å². The molecule has 0 bridgehead atoms. The quantitative estimate of drug-likeness (QED) is 0.0182. The van der Waals surface area contributed by atoms with Gasteiger partial charge in [0.25, 0.3) is 0 Å². The molecular formula is C50H100N6O5. The molecule has 0 fully saturated rings. The Morgan fingerprint density at radius 2 is 0.852 bits per heavy atom. The largest absolute Gasteiger partial charge is 0.370 e. The summed E-state index contributed by atoms with van der Waals surface area (Å²) in [4.78, 5) is 45.3. The summed E-state index contributed by atoms with van der Waals surface area (Å²) in [6.45, 7) is 18.1. The molecule has 0 radical (unpaired) electrons. The number of hydrogen-bond acceptors (Lipinski definition) is 6. The van der Waals surface area contributed by atoms with Gasteiger partial charge in [0.2, 0.25) is 18.7 Å². The van der Waals surface area contributed by atoms with Gasteiger partial charge in [-0.3, -0.25) is 14.4 Å². The van der Waals surface area contributed by atoms with Crippen LogP contribution in [0, 0.1) is 0 Å². The van der Waals surface area contributed by atoms with Gasteiger partial charge < -0.3 is 35.6 Å². The lowest BCUT2D eigenvalue weighted by atomic mass is 10.0. The Hall–Kier alpha value is -2.40. The standard InChI is InChI=1S/C50H100N6O5/c1-9-11-13-15-17-19-21-23-25-27-29-31-33-35-38-55(39-36-34-32-30-28-26-24-22-20-18-16-14-12-10-2)47(59)37-40-56(42-46(54-44-58)61-50(6,7)8)48(51)52-41-45(53-43-57)60-49(3,4)5/h43-46H,9-42H2,1-8H3,(H2,51,52)(H,53,57)(H,54,58). The second-order valence-corrected chi connectivity index (χ2v) is 19.5. The highest BCUT2D eigenvalue weighted by atomic mass is 16.5. The van der Waals surface area contributed by atoms with Crippen LogP contribution in [0.1, 0.15) is 242 Å². The van der Waals surface area contributed by atoms with Crippen LogP contribution in [-0.4, -0.2) is 90.9 Å². The molecule has 0 rings (SSSR count). The van der Waals surface area contributed by atoms with Crippen molar-refractivity contribution in [3.63, 3.8) is 0 Å². The third kappa shape index (κ3) is 39.0. The van der Waals surface area contributed by atoms with Crippen LogP contribution >= 0.6 is 0 Å². The SMILES string of the molecule is CCCCCCCCCCCCCCCCN(CCCCCCCCCCCCCCCC)C(=O)CCN(CC(NC=O)OC(C)(C)C)C(N)=NCC(NC=O)OC(C)(C)C. The Morgan fingerprint density at radius 3 is 1.20 bits per heavy atom. The average molecular weight is 865 g/mol. The van der Waals surface area contributed by atoms with Gasteiger partial charge in [0.15, 0.2) is 5.96 Å². The zero-order valence-electron chi connectivity index (χ0n) is 41.3. The van der Waals surface area contributed by atoms with Gasteiger partial charge in [0.05, 0.1) is 24.3 Å². The van der Waals surface area contributed by atoms with E-state index in [1.165, 1.54) is 154 Å². The number of carbonyl (C=O) groups excluding carboxylic acids is 3. The van der Waals surface area contributed by atoms with Gasteiger partial charge in [-0.15, -0.1) is 0 Å². The highest BCUT2D eigenvalue weighted by molar-refractivity contribution is 5.80. The molecule has 11 heteroatoms. The zero-order valence-corrected chi connectivity index (χ0v) is 41.3. The molecule has 0 aromatic carbocycles. The molecule has 360 valence electrons. The third-order valence-electron chi connectivity index (χ3n) is 11.1. The van der Waals surface area contributed by atoms with E-state index in [0.717, 1.165) is 38.8 Å². The summed E-state index contributed by atoms with van der Waals surface area (Å²) in [5.41, 5.74) is 5.54. The Labute approximate surface area is 376 Å². The minimum Gasteiger partial charge on any atom is -0.370 e. The van der Waals surface area contributed by atoms with Crippen LogP contribution in [0.4, 0.5) is 0 Å². The molecule has 0 heterocycles. The Bertz CT molecular complexity index is 1030. The number of guanidine groups is 1. The van der Waals surface area contributed by atoms with Crippen LogP contribution in [0.2, 0.25) is 0 Å². The number of hydrogen-bond donors (Lipinski definition) is 3. The summed E-state index contributed by atoms with van der Waals surface area (Å²) in [7, 11) is 0. The van der Waals surface area contributed by atoms with Gasteiger partial charge in [-0.05, 0) is 54.4 Å². The van der Waals surface area contributed by atoms with E-state index in [9.17, 15) is 14.4 Å². The van der Waals surface area contributed by atoms with E-state index in [4.69, 9.17) is 15.2 Å². The predicted molar refractivity (Wildman–Crippen MR) is 258 cm³/mol. The molecule has 4 N–H and O–H groups in total. The van der Waals surface area contributed by atoms with E-state index in [-0.39, 0.29) is 31.4 Å². The fourth-order valence-electron chi connectivity index (χ4n) is 7.77. The van der Waals surface area contributed by atoms with Crippen molar-refractivity contribution in [1.29, 1.82) is 0 Å². The fraction of sp³-hybridized carbons (Fsp3) is 0.920. The number of amides is 3. The monoisotopic (exact) mass is 865 g/mol. The molecule has 61 heavy (non-hydrogen) atoms. The first-order valence-electron chi connectivity index (χ1n) is 25.3. The van der Waals surface area contributed by atoms with Gasteiger partial charge in [0.1, 0.15) is 12.5 Å². The smallest absolute Gasteiger partial charge is 0.224 e. The van der Waals surface area contributed by atoms with Crippen molar-refractivity contribution >= 4 is 24.7 Å². The summed E-state index contributed by atoms with van der Waals surface area (Å²) in [5, 5.41) is 5.42. The zero-order chi connectivity index (χ0) is 45.5. The molecule has 0 aliphatic rings. The minimum atomic E-state index is -0.682. The first-order valence-corrected chi connectivity index (χ1v) is 25.3. The van der Waals surface area contributed by atoms with Crippen molar-refractivity contribution in [2.45, 2.75) is 265 Å². The molecule has 0 aromatic heterocycles. The molecule has 3 amide bonds. The summed E-state index contributed by atoms with van der Waals surface area (Å²) in [6.07, 6.45) is 36.7. The van der Waals surface area contributed by atoms with Crippen LogP contribution in [0.15, 0.2) is 4.99 Å². The number of nitrogens with two attached hydrogens (primary N) is 1. The Kier molecular flexibility index (Phi) is 37.7. The lowest BCUT2D eigenvalue weighted by Crippen LogP contribution is -2.51. The number of unbranched alkanes of at least 4 members (excludes halogenated alkanes) is 26. The topological polar surface area (TPSA) is 139 Å². The molecule has 0 saturated carbocycles. The van der Waals surface area contributed by atoms with E-state index in [0.29, 0.717) is 19.4 Å². The van der Waals surface area contributed by atoms with E-state index >= 15 is 0 Å². The molecule has 0 aromatic rings. The number of nitrogens with one attached hydrogen (secondary N) is 2. The van der Waals surface area contributed by atoms with Crippen LogP contribution in [-0.2, 0) is 23.9 Å². The predicted octanol–water partition coefficient (Wildman–Crippen LogP) is 11.6. The van der Waals surface area contributed by atoms with Crippen molar-refractivity contribution < 1.29 is 23.9 Å². The van der Waals surface area contributed by atoms with E-state index < -0.39 is 23.7 Å². The molecule has 0 aliphatic heterocycles. The van der Waals surface area contributed by atoms with Gasteiger partial charge in [0, 0.05) is 26.1 Å². The van der Waals surface area contributed by atoms with Gasteiger partial charge in [-0.25, -0.2) is 4.99 Å². The fourth-order valence-corrected chi connectivity index (χ4v) is 7.77. The Balaban J connectivity index is 5.38. The molecule has 2 atom stereocenters. The number of nitrogens with zero attached hydrogens (tertiary/aromatic N) is 3. The molecule has 0 spiro atoms. The van der Waals surface area contributed by atoms with Crippen LogP contribution < -0.4 is 16.4 Å². The van der Waals surface area contributed by atoms with Crippen molar-refractivity contribution in [2.24, 2.45) is 10.7 Å². The lowest BCUT2D eigenvalue weighted by molar-refractivity contribution is -0.132. The van der Waals surface area contributed by atoms with E-state index in [2.05, 4.69) is 34.4 Å². The molecular weight excluding hydrogens is 765 g/mol. The third-order valence-corrected chi connectivity index (χ3v) is 11.1. The molecule has 2 unspecified atom stereocenters. The number of ether oxygens (including phenoxy) is 2. The van der Waals surface area contributed by atoms with Crippen molar-refractivity contribution in [3.8, 4) is 0 Å². The van der Waals surface area contributed by atoms with E-state index in [1.807, 2.05) is 41.5 Å². The van der Waals surface area contributed by atoms with Gasteiger partial charge >= 0.3 is 0 Å². The summed E-state index contributed by atoms with van der Waals surface area (Å²) >= 11 is 0. The Morgan fingerprint density at radius 1 is 0.525 bits per heavy atom. The van der Waals surface area contributed by atoms with Crippen molar-refractivity contribution in [3.05, 3.63) is 0 Å². The van der Waals surface area contributed by atoms with Gasteiger partial charge in [-0.2, -0.15) is 0 Å². The molecule has 11 nitrogen and oxygen atoms in total. The number of carbonyl (C=O) groups is 3. The number of aliphatic imine (C=N–C) groups is 1. The first-order chi connectivity index (χ1) is 29.3. The summed E-state index contributed by atoms with van der Waals surface area (Å²) < 4.78 is 12.1. The molecule has 0 aliphatic carbocycles. The maximum atomic E-state index is 14.0. The minimum absolute atomic E-state index is 0.0859. The second kappa shape index (κ2) is 39.2. The lowest BCUT2D eigenvalue weighted by Gasteiger charge is -2.33. The maximum Gasteiger partial charge on any atom is 0.224 e. The normalized spacial score (nSPS) is 13.2. The highest BCUT2D eigenvalue weighted by Crippen LogP contribution is 2.17.